The number of nitrogens with two attached hydrogens (primary N) is 1. The Morgan fingerprint density at radius 2 is 2.06 bits per heavy atom. The highest BCUT2D eigenvalue weighted by molar-refractivity contribution is 7.99. The number of hydrogen-bond donors (Lipinski definition) is 2. The minimum absolute atomic E-state index is 0.261. The first-order valence-electron chi connectivity index (χ1n) is 5.60. The Morgan fingerprint density at radius 1 is 1.41 bits per heavy atom. The SMILES string of the molecule is CCSc1ccc(CCN(C)C(=O)NN)cc1. The van der Waals surface area contributed by atoms with E-state index in [-0.39, 0.29) is 6.03 Å². The predicted molar refractivity (Wildman–Crippen MR) is 71.9 cm³/mol. The van der Waals surface area contributed by atoms with Crippen LogP contribution in [0, 0.1) is 0 Å². The third-order valence-corrected chi connectivity index (χ3v) is 3.33. The summed E-state index contributed by atoms with van der Waals surface area (Å²) in [5.41, 5.74) is 3.33. The van der Waals surface area contributed by atoms with E-state index in [0.717, 1.165) is 12.2 Å². The lowest BCUT2D eigenvalue weighted by atomic mass is 10.1. The van der Waals surface area contributed by atoms with Gasteiger partial charge in [-0.25, -0.2) is 10.6 Å². The molecular formula is C12H19N3OS. The van der Waals surface area contributed by atoms with E-state index in [1.165, 1.54) is 10.5 Å². The Bertz CT molecular complexity index is 353. The summed E-state index contributed by atoms with van der Waals surface area (Å²) in [4.78, 5) is 14.0. The summed E-state index contributed by atoms with van der Waals surface area (Å²) < 4.78 is 0. The predicted octanol–water partition coefficient (Wildman–Crippen LogP) is 1.86. The normalized spacial score (nSPS) is 10.1. The van der Waals surface area contributed by atoms with Crippen molar-refractivity contribution in [1.29, 1.82) is 0 Å². The molecular weight excluding hydrogens is 234 g/mol. The van der Waals surface area contributed by atoms with Gasteiger partial charge in [-0.2, -0.15) is 0 Å². The zero-order valence-electron chi connectivity index (χ0n) is 10.3. The van der Waals surface area contributed by atoms with E-state index < -0.39 is 0 Å². The van der Waals surface area contributed by atoms with E-state index in [1.807, 2.05) is 11.8 Å². The van der Waals surface area contributed by atoms with Gasteiger partial charge in [0.25, 0.3) is 0 Å². The van der Waals surface area contributed by atoms with Crippen LogP contribution in [0.15, 0.2) is 29.2 Å². The molecule has 0 unspecified atom stereocenters. The average molecular weight is 253 g/mol. The molecule has 2 amide bonds. The van der Waals surface area contributed by atoms with Gasteiger partial charge in [0.1, 0.15) is 0 Å². The second kappa shape index (κ2) is 7.19. The number of rotatable bonds is 5. The summed E-state index contributed by atoms with van der Waals surface area (Å²) in [6.07, 6.45) is 0.834. The van der Waals surface area contributed by atoms with Crippen LogP contribution in [0.4, 0.5) is 4.79 Å². The number of urea groups is 1. The van der Waals surface area contributed by atoms with Crippen LogP contribution in [0.1, 0.15) is 12.5 Å². The highest BCUT2D eigenvalue weighted by atomic mass is 32.2. The lowest BCUT2D eigenvalue weighted by molar-refractivity contribution is 0.209. The first-order chi connectivity index (χ1) is 8.17. The fraction of sp³-hybridized carbons (Fsp3) is 0.417. The first-order valence-corrected chi connectivity index (χ1v) is 6.59. The molecule has 4 nitrogen and oxygen atoms in total. The van der Waals surface area contributed by atoms with Crippen molar-refractivity contribution < 1.29 is 4.79 Å². The van der Waals surface area contributed by atoms with E-state index in [0.29, 0.717) is 6.54 Å². The molecule has 1 rings (SSSR count). The van der Waals surface area contributed by atoms with Gasteiger partial charge in [-0.15, -0.1) is 11.8 Å². The monoisotopic (exact) mass is 253 g/mol. The number of benzene rings is 1. The standard InChI is InChI=1S/C12H19N3OS/c1-3-17-11-6-4-10(5-7-11)8-9-15(2)12(16)14-13/h4-7H,3,8-9,13H2,1-2H3,(H,14,16). The number of hydrazine groups is 1. The number of nitrogens with one attached hydrogen (secondary N) is 1. The Balaban J connectivity index is 2.44. The molecule has 5 heteroatoms. The highest BCUT2D eigenvalue weighted by Crippen LogP contribution is 2.17. The molecule has 0 bridgehead atoms. The zero-order chi connectivity index (χ0) is 12.7. The quantitative estimate of drug-likeness (QED) is 0.364. The minimum Gasteiger partial charge on any atom is -0.326 e. The summed E-state index contributed by atoms with van der Waals surface area (Å²) in [5, 5.41) is 0. The van der Waals surface area contributed by atoms with Gasteiger partial charge in [-0.05, 0) is 29.9 Å². The second-order valence-electron chi connectivity index (χ2n) is 3.70. The molecule has 0 saturated carbocycles. The maximum absolute atomic E-state index is 11.2. The second-order valence-corrected chi connectivity index (χ2v) is 5.04. The van der Waals surface area contributed by atoms with Crippen molar-refractivity contribution in [3.8, 4) is 0 Å². The maximum atomic E-state index is 11.2. The molecule has 0 atom stereocenters. The average Bonchev–Trinajstić information content (AvgIpc) is 2.37. The summed E-state index contributed by atoms with van der Waals surface area (Å²) >= 11 is 1.83. The number of carbonyl (C=O) groups is 1. The fourth-order valence-corrected chi connectivity index (χ4v) is 2.09. The van der Waals surface area contributed by atoms with Crippen molar-refractivity contribution in [3.63, 3.8) is 0 Å². The van der Waals surface area contributed by atoms with Crippen LogP contribution >= 0.6 is 11.8 Å². The van der Waals surface area contributed by atoms with Crippen LogP contribution in [0.2, 0.25) is 0 Å². The van der Waals surface area contributed by atoms with Crippen LogP contribution in [0.25, 0.3) is 0 Å². The largest absolute Gasteiger partial charge is 0.331 e. The maximum Gasteiger partial charge on any atom is 0.331 e. The van der Waals surface area contributed by atoms with Gasteiger partial charge >= 0.3 is 6.03 Å². The molecule has 0 aliphatic carbocycles. The molecule has 17 heavy (non-hydrogen) atoms. The van der Waals surface area contributed by atoms with E-state index in [4.69, 9.17) is 5.84 Å². The lowest BCUT2D eigenvalue weighted by Crippen LogP contribution is -2.41. The molecule has 1 aromatic carbocycles. The number of likely N-dealkylation sites (N-methyl/N-ethyl adjacent to an activating group) is 1. The van der Waals surface area contributed by atoms with E-state index >= 15 is 0 Å². The minimum atomic E-state index is -0.261. The number of nitrogens with zero attached hydrogens (tertiary/aromatic N) is 1. The van der Waals surface area contributed by atoms with Crippen molar-refractivity contribution in [1.82, 2.24) is 10.3 Å². The molecule has 94 valence electrons. The van der Waals surface area contributed by atoms with Crippen LogP contribution in [-0.4, -0.2) is 30.3 Å². The fourth-order valence-electron chi connectivity index (χ4n) is 1.43. The van der Waals surface area contributed by atoms with Gasteiger partial charge in [0.2, 0.25) is 0 Å². The molecule has 0 radical (unpaired) electrons. The van der Waals surface area contributed by atoms with Gasteiger partial charge < -0.3 is 4.90 Å². The lowest BCUT2D eigenvalue weighted by Gasteiger charge is -2.15. The Kier molecular flexibility index (Phi) is 5.86. The third-order valence-electron chi connectivity index (χ3n) is 2.44. The molecule has 0 aliphatic heterocycles. The summed E-state index contributed by atoms with van der Waals surface area (Å²) in [6.45, 7) is 2.79. The van der Waals surface area contributed by atoms with Crippen molar-refractivity contribution >= 4 is 17.8 Å². The Hall–Kier alpha value is -1.20. The van der Waals surface area contributed by atoms with Crippen molar-refractivity contribution in [2.75, 3.05) is 19.3 Å². The Morgan fingerprint density at radius 3 is 2.59 bits per heavy atom. The van der Waals surface area contributed by atoms with Crippen molar-refractivity contribution in [2.24, 2.45) is 5.84 Å². The van der Waals surface area contributed by atoms with Crippen LogP contribution in [0.3, 0.4) is 0 Å². The number of thioether (sulfide) groups is 1. The van der Waals surface area contributed by atoms with Crippen LogP contribution in [0.5, 0.6) is 0 Å². The highest BCUT2D eigenvalue weighted by Gasteiger charge is 2.05. The number of carbonyl (C=O) groups excluding carboxylic acids is 1. The number of hydrogen-bond acceptors (Lipinski definition) is 3. The van der Waals surface area contributed by atoms with E-state index in [9.17, 15) is 4.79 Å². The molecule has 0 aromatic heterocycles. The number of amides is 2. The molecule has 0 fully saturated rings. The van der Waals surface area contributed by atoms with Gasteiger partial charge in [0.15, 0.2) is 0 Å². The van der Waals surface area contributed by atoms with Gasteiger partial charge in [-0.1, -0.05) is 19.1 Å². The summed E-state index contributed by atoms with van der Waals surface area (Å²) in [7, 11) is 1.73. The smallest absolute Gasteiger partial charge is 0.326 e. The third kappa shape index (κ3) is 4.66. The van der Waals surface area contributed by atoms with E-state index in [2.05, 4.69) is 36.6 Å². The summed E-state index contributed by atoms with van der Waals surface area (Å²) in [6, 6.07) is 8.18. The topological polar surface area (TPSA) is 58.4 Å². The molecule has 3 N–H and O–H groups in total. The molecule has 0 spiro atoms. The van der Waals surface area contributed by atoms with Gasteiger partial charge in [0.05, 0.1) is 0 Å². The van der Waals surface area contributed by atoms with E-state index in [1.54, 1.807) is 11.9 Å². The molecule has 1 aromatic rings. The van der Waals surface area contributed by atoms with Crippen LogP contribution in [-0.2, 0) is 6.42 Å². The van der Waals surface area contributed by atoms with Gasteiger partial charge in [-0.3, -0.25) is 5.43 Å². The first kappa shape index (κ1) is 13.9. The molecule has 0 saturated heterocycles. The van der Waals surface area contributed by atoms with Crippen LogP contribution < -0.4 is 11.3 Å². The Labute approximate surface area is 107 Å². The molecule has 0 aliphatic rings. The van der Waals surface area contributed by atoms with Crippen molar-refractivity contribution in [3.05, 3.63) is 29.8 Å². The van der Waals surface area contributed by atoms with Gasteiger partial charge in [0, 0.05) is 18.5 Å². The molecule has 0 heterocycles. The summed E-state index contributed by atoms with van der Waals surface area (Å²) in [5.74, 6) is 6.13. The zero-order valence-corrected chi connectivity index (χ0v) is 11.1. The van der Waals surface area contributed by atoms with Crippen molar-refractivity contribution in [2.45, 2.75) is 18.2 Å².